The Hall–Kier alpha value is -3.47. The molecule has 0 atom stereocenters. The minimum absolute atomic E-state index is 0.0795. The Labute approximate surface area is 158 Å². The molecule has 0 radical (unpaired) electrons. The monoisotopic (exact) mass is 362 g/mol. The van der Waals surface area contributed by atoms with Gasteiger partial charge in [-0.25, -0.2) is 0 Å². The molecule has 0 heterocycles. The van der Waals surface area contributed by atoms with E-state index in [0.717, 1.165) is 34.1 Å². The van der Waals surface area contributed by atoms with Gasteiger partial charge in [0.25, 0.3) is 0 Å². The number of methoxy groups -OCH3 is 2. The third-order valence-electron chi connectivity index (χ3n) is 4.09. The molecule has 1 amide bonds. The van der Waals surface area contributed by atoms with E-state index in [2.05, 4.69) is 10.6 Å². The number of nitrogens with one attached hydrogen (secondary N) is 2. The Morgan fingerprint density at radius 1 is 0.778 bits per heavy atom. The van der Waals surface area contributed by atoms with E-state index in [0.29, 0.717) is 6.42 Å². The number of carbonyl (C=O) groups is 1. The summed E-state index contributed by atoms with van der Waals surface area (Å²) in [6.07, 6.45) is 0.293. The van der Waals surface area contributed by atoms with Gasteiger partial charge in [-0.15, -0.1) is 0 Å². The topological polar surface area (TPSA) is 59.6 Å². The van der Waals surface area contributed by atoms with Crippen molar-refractivity contribution in [2.45, 2.75) is 6.42 Å². The standard InChI is InChI=1S/C22H22N2O3/c1-26-18-11-7-16(8-12-18)15-22(25)24-21-6-4-3-5-20(21)23-17-9-13-19(27-2)14-10-17/h3-14,23H,15H2,1-2H3,(H,24,25). The molecule has 0 aromatic heterocycles. The summed E-state index contributed by atoms with van der Waals surface area (Å²) in [7, 11) is 3.25. The molecule has 3 aromatic rings. The molecule has 3 rings (SSSR count). The summed E-state index contributed by atoms with van der Waals surface area (Å²) in [6, 6.07) is 22.7. The van der Waals surface area contributed by atoms with Gasteiger partial charge < -0.3 is 20.1 Å². The maximum Gasteiger partial charge on any atom is 0.228 e. The predicted molar refractivity (Wildman–Crippen MR) is 108 cm³/mol. The van der Waals surface area contributed by atoms with Gasteiger partial charge in [0.15, 0.2) is 0 Å². The lowest BCUT2D eigenvalue weighted by molar-refractivity contribution is -0.115. The Bertz CT molecular complexity index is 890. The van der Waals surface area contributed by atoms with Gasteiger partial charge in [-0.2, -0.15) is 0 Å². The first kappa shape index (κ1) is 18.3. The van der Waals surface area contributed by atoms with Gasteiger partial charge in [0.05, 0.1) is 32.0 Å². The lowest BCUT2D eigenvalue weighted by Gasteiger charge is -2.13. The molecule has 0 spiro atoms. The van der Waals surface area contributed by atoms with Crippen LogP contribution in [0.4, 0.5) is 17.1 Å². The zero-order valence-corrected chi connectivity index (χ0v) is 15.4. The fraction of sp³-hybridized carbons (Fsp3) is 0.136. The summed E-state index contributed by atoms with van der Waals surface area (Å²) in [5.74, 6) is 1.49. The number of carbonyl (C=O) groups excluding carboxylic acids is 1. The second kappa shape index (κ2) is 8.76. The smallest absolute Gasteiger partial charge is 0.228 e. The SMILES string of the molecule is COc1ccc(CC(=O)Nc2ccccc2Nc2ccc(OC)cc2)cc1. The van der Waals surface area contributed by atoms with Crippen molar-refractivity contribution < 1.29 is 14.3 Å². The molecule has 5 nitrogen and oxygen atoms in total. The third kappa shape index (κ3) is 5.01. The maximum atomic E-state index is 12.4. The molecule has 0 aliphatic heterocycles. The molecule has 0 bridgehead atoms. The van der Waals surface area contributed by atoms with Crippen molar-refractivity contribution in [3.05, 3.63) is 78.4 Å². The van der Waals surface area contributed by atoms with Gasteiger partial charge >= 0.3 is 0 Å². The molecular weight excluding hydrogens is 340 g/mol. The van der Waals surface area contributed by atoms with E-state index in [9.17, 15) is 4.79 Å². The Morgan fingerprint density at radius 2 is 1.33 bits per heavy atom. The lowest BCUT2D eigenvalue weighted by Crippen LogP contribution is -2.15. The van der Waals surface area contributed by atoms with Crippen molar-refractivity contribution in [1.82, 2.24) is 0 Å². The lowest BCUT2D eigenvalue weighted by atomic mass is 10.1. The quantitative estimate of drug-likeness (QED) is 0.643. The molecule has 0 fully saturated rings. The van der Waals surface area contributed by atoms with Gasteiger partial charge in [0.1, 0.15) is 11.5 Å². The molecule has 138 valence electrons. The number of benzene rings is 3. The van der Waals surface area contributed by atoms with Crippen molar-refractivity contribution in [2.75, 3.05) is 24.9 Å². The molecule has 3 aromatic carbocycles. The predicted octanol–water partition coefficient (Wildman–Crippen LogP) is 4.63. The van der Waals surface area contributed by atoms with Crippen molar-refractivity contribution in [1.29, 1.82) is 0 Å². The molecule has 27 heavy (non-hydrogen) atoms. The van der Waals surface area contributed by atoms with Crippen LogP contribution in [-0.2, 0) is 11.2 Å². The number of anilines is 3. The first-order valence-electron chi connectivity index (χ1n) is 8.61. The maximum absolute atomic E-state index is 12.4. The zero-order chi connectivity index (χ0) is 19.1. The second-order valence-corrected chi connectivity index (χ2v) is 5.97. The summed E-state index contributed by atoms with van der Waals surface area (Å²) < 4.78 is 10.3. The summed E-state index contributed by atoms with van der Waals surface area (Å²) >= 11 is 0. The number of amides is 1. The summed E-state index contributed by atoms with van der Waals surface area (Å²) in [4.78, 5) is 12.4. The average molecular weight is 362 g/mol. The molecular formula is C22H22N2O3. The van der Waals surface area contributed by atoms with Crippen LogP contribution >= 0.6 is 0 Å². The molecule has 0 aliphatic rings. The van der Waals surface area contributed by atoms with Crippen LogP contribution in [0.1, 0.15) is 5.56 Å². The molecule has 2 N–H and O–H groups in total. The summed E-state index contributed by atoms with van der Waals surface area (Å²) in [5, 5.41) is 6.29. The van der Waals surface area contributed by atoms with E-state index in [4.69, 9.17) is 9.47 Å². The van der Waals surface area contributed by atoms with Crippen LogP contribution in [0.15, 0.2) is 72.8 Å². The fourth-order valence-electron chi connectivity index (χ4n) is 2.65. The van der Waals surface area contributed by atoms with Crippen LogP contribution < -0.4 is 20.1 Å². The third-order valence-corrected chi connectivity index (χ3v) is 4.09. The van der Waals surface area contributed by atoms with E-state index in [1.807, 2.05) is 72.8 Å². The van der Waals surface area contributed by atoms with Crippen LogP contribution in [0.3, 0.4) is 0 Å². The highest BCUT2D eigenvalue weighted by molar-refractivity contribution is 5.96. The molecule has 0 unspecified atom stereocenters. The van der Waals surface area contributed by atoms with E-state index >= 15 is 0 Å². The van der Waals surface area contributed by atoms with Gasteiger partial charge in [-0.1, -0.05) is 24.3 Å². The van der Waals surface area contributed by atoms with Gasteiger partial charge in [-0.3, -0.25) is 4.79 Å². The second-order valence-electron chi connectivity index (χ2n) is 5.97. The molecule has 0 aliphatic carbocycles. The normalized spacial score (nSPS) is 10.1. The highest BCUT2D eigenvalue weighted by Gasteiger charge is 2.08. The molecule has 0 saturated heterocycles. The van der Waals surface area contributed by atoms with Crippen LogP contribution in [0.2, 0.25) is 0 Å². The number of hydrogen-bond acceptors (Lipinski definition) is 4. The van der Waals surface area contributed by atoms with Crippen LogP contribution in [0.5, 0.6) is 11.5 Å². The van der Waals surface area contributed by atoms with Crippen molar-refractivity contribution in [2.24, 2.45) is 0 Å². The number of ether oxygens (including phenoxy) is 2. The number of rotatable bonds is 7. The van der Waals surface area contributed by atoms with E-state index in [1.54, 1.807) is 14.2 Å². The van der Waals surface area contributed by atoms with Crippen molar-refractivity contribution >= 4 is 23.0 Å². The highest BCUT2D eigenvalue weighted by Crippen LogP contribution is 2.26. The Morgan fingerprint density at radius 3 is 1.93 bits per heavy atom. The summed E-state index contributed by atoms with van der Waals surface area (Å²) in [6.45, 7) is 0. The minimum Gasteiger partial charge on any atom is -0.497 e. The Balaban J connectivity index is 1.68. The van der Waals surface area contributed by atoms with Crippen molar-refractivity contribution in [3.63, 3.8) is 0 Å². The fourth-order valence-corrected chi connectivity index (χ4v) is 2.65. The van der Waals surface area contributed by atoms with Gasteiger partial charge in [0, 0.05) is 5.69 Å². The van der Waals surface area contributed by atoms with E-state index < -0.39 is 0 Å². The largest absolute Gasteiger partial charge is 0.497 e. The summed E-state index contributed by atoms with van der Waals surface area (Å²) in [5.41, 5.74) is 3.39. The molecule has 0 saturated carbocycles. The van der Waals surface area contributed by atoms with E-state index in [1.165, 1.54) is 0 Å². The van der Waals surface area contributed by atoms with Gasteiger partial charge in [-0.05, 0) is 54.1 Å². The Kier molecular flexibility index (Phi) is 5.94. The van der Waals surface area contributed by atoms with Crippen molar-refractivity contribution in [3.8, 4) is 11.5 Å². The highest BCUT2D eigenvalue weighted by atomic mass is 16.5. The van der Waals surface area contributed by atoms with Crippen LogP contribution in [-0.4, -0.2) is 20.1 Å². The van der Waals surface area contributed by atoms with Gasteiger partial charge in [0.2, 0.25) is 5.91 Å². The first-order chi connectivity index (χ1) is 13.2. The number of para-hydroxylation sites is 2. The number of hydrogen-bond donors (Lipinski definition) is 2. The van der Waals surface area contributed by atoms with E-state index in [-0.39, 0.29) is 5.91 Å². The molecule has 5 heteroatoms. The average Bonchev–Trinajstić information content (AvgIpc) is 2.70. The zero-order valence-electron chi connectivity index (χ0n) is 15.4. The van der Waals surface area contributed by atoms with Crippen LogP contribution in [0, 0.1) is 0 Å². The van der Waals surface area contributed by atoms with Crippen LogP contribution in [0.25, 0.3) is 0 Å². The first-order valence-corrected chi connectivity index (χ1v) is 8.61. The minimum atomic E-state index is -0.0795.